The van der Waals surface area contributed by atoms with Gasteiger partial charge in [-0.25, -0.2) is 8.42 Å². The predicted molar refractivity (Wildman–Crippen MR) is 88.3 cm³/mol. The lowest BCUT2D eigenvalue weighted by Crippen LogP contribution is -2.31. The lowest BCUT2D eigenvalue weighted by atomic mass is 10.1. The summed E-state index contributed by atoms with van der Waals surface area (Å²) in [5.41, 5.74) is 0.795. The molecule has 0 aliphatic carbocycles. The topological polar surface area (TPSA) is 54.5 Å². The van der Waals surface area contributed by atoms with Crippen molar-refractivity contribution in [1.82, 2.24) is 4.90 Å². The second kappa shape index (κ2) is 7.11. The Morgan fingerprint density at radius 1 is 1.43 bits per heavy atom. The van der Waals surface area contributed by atoms with Crippen molar-refractivity contribution in [2.24, 2.45) is 5.92 Å². The minimum absolute atomic E-state index is 0.0427. The molecule has 0 N–H and O–H groups in total. The van der Waals surface area contributed by atoms with E-state index < -0.39 is 9.05 Å². The second-order valence-electron chi connectivity index (χ2n) is 5.22. The molecule has 0 heterocycles. The maximum absolute atomic E-state index is 12.4. The van der Waals surface area contributed by atoms with Crippen molar-refractivity contribution in [2.75, 3.05) is 13.6 Å². The Labute approximate surface area is 139 Å². The minimum atomic E-state index is -3.89. The van der Waals surface area contributed by atoms with Crippen molar-refractivity contribution in [2.45, 2.75) is 32.1 Å². The molecule has 1 aromatic rings. The summed E-state index contributed by atoms with van der Waals surface area (Å²) in [4.78, 5) is 14.0. The van der Waals surface area contributed by atoms with E-state index in [9.17, 15) is 13.2 Å². The highest BCUT2D eigenvalue weighted by Gasteiger charge is 2.21. The maximum atomic E-state index is 12.4. The molecule has 1 amide bonds. The van der Waals surface area contributed by atoms with Crippen LogP contribution in [0.15, 0.2) is 21.5 Å². The van der Waals surface area contributed by atoms with Gasteiger partial charge >= 0.3 is 0 Å². The molecule has 1 unspecified atom stereocenters. The first-order valence-corrected chi connectivity index (χ1v) is 9.68. The van der Waals surface area contributed by atoms with E-state index in [2.05, 4.69) is 29.8 Å². The molecule has 0 aliphatic rings. The molecule has 0 aliphatic heterocycles. The van der Waals surface area contributed by atoms with E-state index in [4.69, 9.17) is 10.7 Å². The fourth-order valence-corrected chi connectivity index (χ4v) is 3.75. The van der Waals surface area contributed by atoms with Gasteiger partial charge in [-0.3, -0.25) is 4.79 Å². The Balaban J connectivity index is 3.20. The average molecular weight is 397 g/mol. The van der Waals surface area contributed by atoms with Crippen molar-refractivity contribution < 1.29 is 13.2 Å². The van der Waals surface area contributed by atoms with Crippen LogP contribution >= 0.6 is 26.6 Å². The van der Waals surface area contributed by atoms with Gasteiger partial charge < -0.3 is 4.90 Å². The van der Waals surface area contributed by atoms with Crippen LogP contribution in [0.1, 0.15) is 36.2 Å². The van der Waals surface area contributed by atoms with E-state index in [0.717, 1.165) is 6.42 Å². The lowest BCUT2D eigenvalue weighted by molar-refractivity contribution is 0.0774. The highest BCUT2D eigenvalue weighted by Crippen LogP contribution is 2.28. The molecule has 0 saturated carbocycles. The number of rotatable bonds is 5. The quantitative estimate of drug-likeness (QED) is 0.711. The van der Waals surface area contributed by atoms with Crippen LogP contribution in [0.5, 0.6) is 0 Å². The molecule has 21 heavy (non-hydrogen) atoms. The zero-order valence-electron chi connectivity index (χ0n) is 12.5. The molecule has 1 rings (SSSR count). The third-order valence-corrected chi connectivity index (χ3v) is 5.71. The summed E-state index contributed by atoms with van der Waals surface area (Å²) >= 11 is 3.28. The largest absolute Gasteiger partial charge is 0.341 e. The van der Waals surface area contributed by atoms with Crippen molar-refractivity contribution in [1.29, 1.82) is 0 Å². The molecular formula is C14H19BrClNO3S. The molecule has 7 heteroatoms. The first kappa shape index (κ1) is 18.5. The molecule has 0 bridgehead atoms. The molecular weight excluding hydrogens is 378 g/mol. The molecule has 1 aromatic carbocycles. The van der Waals surface area contributed by atoms with Crippen molar-refractivity contribution in [3.63, 3.8) is 0 Å². The number of halogens is 2. The Bertz CT molecular complexity index is 646. The summed E-state index contributed by atoms with van der Waals surface area (Å²) in [7, 11) is 3.24. The van der Waals surface area contributed by atoms with E-state index in [1.165, 1.54) is 6.07 Å². The summed E-state index contributed by atoms with van der Waals surface area (Å²) in [5, 5.41) is 0. The number of hydrogen-bond donors (Lipinski definition) is 0. The average Bonchev–Trinajstić information content (AvgIpc) is 2.39. The molecule has 1 atom stereocenters. The van der Waals surface area contributed by atoms with Gasteiger partial charge in [-0.2, -0.15) is 0 Å². The lowest BCUT2D eigenvalue weighted by Gasteiger charge is -2.21. The van der Waals surface area contributed by atoms with E-state index in [1.807, 2.05) is 0 Å². The molecule has 118 valence electrons. The Hall–Kier alpha value is -0.590. The van der Waals surface area contributed by atoms with Crippen LogP contribution in [0.2, 0.25) is 0 Å². The third-order valence-electron chi connectivity index (χ3n) is 3.44. The molecule has 0 fully saturated rings. The number of nitrogens with zero attached hydrogens (tertiary/aromatic N) is 1. The standard InChI is InChI=1S/C14H19BrClNO3S/c1-5-9(2)8-17(4)14(18)11-6-12(15)10(3)13(7-11)21(16,19)20/h6-7,9H,5,8H2,1-4H3. The van der Waals surface area contributed by atoms with Gasteiger partial charge in [0.25, 0.3) is 15.0 Å². The fraction of sp³-hybridized carbons (Fsp3) is 0.500. The van der Waals surface area contributed by atoms with Crippen LogP contribution in [0.3, 0.4) is 0 Å². The van der Waals surface area contributed by atoms with Crippen LogP contribution < -0.4 is 0 Å². The van der Waals surface area contributed by atoms with Crippen LogP contribution in [-0.4, -0.2) is 32.8 Å². The van der Waals surface area contributed by atoms with Crippen molar-refractivity contribution in [3.8, 4) is 0 Å². The zero-order valence-corrected chi connectivity index (χ0v) is 15.6. The van der Waals surface area contributed by atoms with Gasteiger partial charge in [0.1, 0.15) is 0 Å². The molecule has 0 radical (unpaired) electrons. The van der Waals surface area contributed by atoms with Gasteiger partial charge in [0.05, 0.1) is 4.90 Å². The van der Waals surface area contributed by atoms with Crippen LogP contribution in [0, 0.1) is 12.8 Å². The van der Waals surface area contributed by atoms with Gasteiger partial charge in [-0.1, -0.05) is 36.2 Å². The number of hydrogen-bond acceptors (Lipinski definition) is 3. The molecule has 0 saturated heterocycles. The number of carbonyl (C=O) groups excluding carboxylic acids is 1. The first-order chi connectivity index (χ1) is 9.57. The number of amides is 1. The van der Waals surface area contributed by atoms with Gasteiger partial charge in [-0.15, -0.1) is 0 Å². The predicted octanol–water partition coefficient (Wildman–Crippen LogP) is 3.80. The van der Waals surface area contributed by atoms with Gasteiger partial charge in [0, 0.05) is 34.3 Å². The normalized spacial score (nSPS) is 13.0. The molecule has 0 aromatic heterocycles. The fourth-order valence-electron chi connectivity index (χ4n) is 1.93. The van der Waals surface area contributed by atoms with E-state index in [0.29, 0.717) is 28.1 Å². The molecule has 4 nitrogen and oxygen atoms in total. The molecule has 0 spiro atoms. The van der Waals surface area contributed by atoms with E-state index in [1.54, 1.807) is 24.9 Å². The highest BCUT2D eigenvalue weighted by atomic mass is 79.9. The smallest absolute Gasteiger partial charge is 0.261 e. The highest BCUT2D eigenvalue weighted by molar-refractivity contribution is 9.10. The van der Waals surface area contributed by atoms with Crippen LogP contribution in [0.25, 0.3) is 0 Å². The maximum Gasteiger partial charge on any atom is 0.261 e. The van der Waals surface area contributed by atoms with Crippen molar-refractivity contribution in [3.05, 3.63) is 27.7 Å². The second-order valence-corrected chi connectivity index (χ2v) is 8.61. The summed E-state index contributed by atoms with van der Waals surface area (Å²) in [6.45, 7) is 6.37. The van der Waals surface area contributed by atoms with Gasteiger partial charge in [0.15, 0.2) is 0 Å². The Kier molecular flexibility index (Phi) is 6.25. The van der Waals surface area contributed by atoms with E-state index in [-0.39, 0.29) is 10.8 Å². The van der Waals surface area contributed by atoms with E-state index >= 15 is 0 Å². The van der Waals surface area contributed by atoms with Crippen LogP contribution in [-0.2, 0) is 9.05 Å². The summed E-state index contributed by atoms with van der Waals surface area (Å²) < 4.78 is 23.7. The van der Waals surface area contributed by atoms with Gasteiger partial charge in [0.2, 0.25) is 0 Å². The Morgan fingerprint density at radius 2 is 2.00 bits per heavy atom. The zero-order chi connectivity index (χ0) is 16.4. The Morgan fingerprint density at radius 3 is 2.48 bits per heavy atom. The minimum Gasteiger partial charge on any atom is -0.341 e. The summed E-state index contributed by atoms with van der Waals surface area (Å²) in [6.07, 6.45) is 0.969. The SMILES string of the molecule is CCC(C)CN(C)C(=O)c1cc(Br)c(C)c(S(=O)(=O)Cl)c1. The number of carbonyl (C=O) groups is 1. The summed E-state index contributed by atoms with van der Waals surface area (Å²) in [6, 6.07) is 2.95. The number of benzene rings is 1. The van der Waals surface area contributed by atoms with Crippen molar-refractivity contribution >= 4 is 41.6 Å². The monoisotopic (exact) mass is 395 g/mol. The third kappa shape index (κ3) is 4.69. The van der Waals surface area contributed by atoms with Crippen LogP contribution in [0.4, 0.5) is 0 Å². The van der Waals surface area contributed by atoms with Gasteiger partial charge in [-0.05, 0) is 30.5 Å². The summed E-state index contributed by atoms with van der Waals surface area (Å²) in [5.74, 6) is 0.154. The first-order valence-electron chi connectivity index (χ1n) is 6.58.